The van der Waals surface area contributed by atoms with Crippen molar-refractivity contribution in [1.82, 2.24) is 9.97 Å². The predicted molar refractivity (Wildman–Crippen MR) is 94.9 cm³/mol. The number of nitrogens with one attached hydrogen (secondary N) is 2. The summed E-state index contributed by atoms with van der Waals surface area (Å²) in [5, 5.41) is 4.40. The monoisotopic (exact) mass is 346 g/mol. The van der Waals surface area contributed by atoms with Crippen LogP contribution in [0.15, 0.2) is 40.2 Å². The van der Waals surface area contributed by atoms with Gasteiger partial charge in [0.2, 0.25) is 4.74 Å². The molecule has 0 aliphatic carbocycles. The van der Waals surface area contributed by atoms with Crippen LogP contribution in [0.1, 0.15) is 17.3 Å². The molecule has 0 unspecified atom stereocenters. The molecule has 0 aliphatic heterocycles. The second kappa shape index (κ2) is 6.43. The highest BCUT2D eigenvalue weighted by Crippen LogP contribution is 2.29. The third-order valence-electron chi connectivity index (χ3n) is 3.11. The van der Waals surface area contributed by atoms with Crippen LogP contribution in [0.25, 0.3) is 11.0 Å². The molecule has 0 fully saturated rings. The molecule has 3 rings (SSSR count). The van der Waals surface area contributed by atoms with Gasteiger partial charge in [0.15, 0.2) is 5.13 Å². The highest BCUT2D eigenvalue weighted by atomic mass is 32.2. The van der Waals surface area contributed by atoms with Crippen LogP contribution in [0.5, 0.6) is 0 Å². The molecule has 0 aliphatic rings. The molecule has 118 valence electrons. The standard InChI is InChI=1S/C15H14N4O2S2/c1-2-22-13-9(11(16)20)10-12(18-13)19-15(23-14(10)21)17-8-6-4-3-5-7-8/h3-7,18H,2H2,1H3,(H2,16,20)(H,17,19). The van der Waals surface area contributed by atoms with Crippen molar-refractivity contribution in [2.45, 2.75) is 11.9 Å². The number of nitrogens with zero attached hydrogens (tertiary/aromatic N) is 1. The zero-order chi connectivity index (χ0) is 16.4. The fourth-order valence-corrected chi connectivity index (χ4v) is 3.78. The van der Waals surface area contributed by atoms with Gasteiger partial charge in [0, 0.05) is 5.69 Å². The number of nitrogens with two attached hydrogens (primary N) is 1. The van der Waals surface area contributed by atoms with E-state index in [0.717, 1.165) is 22.8 Å². The summed E-state index contributed by atoms with van der Waals surface area (Å²) in [6, 6.07) is 9.44. The first kappa shape index (κ1) is 15.6. The van der Waals surface area contributed by atoms with Crippen molar-refractivity contribution in [3.05, 3.63) is 45.4 Å². The third kappa shape index (κ3) is 3.08. The van der Waals surface area contributed by atoms with Gasteiger partial charge in [-0.15, -0.1) is 11.8 Å². The van der Waals surface area contributed by atoms with E-state index in [1.165, 1.54) is 11.8 Å². The summed E-state index contributed by atoms with van der Waals surface area (Å²) in [6.45, 7) is 1.96. The number of para-hydroxylation sites is 1. The van der Waals surface area contributed by atoms with Crippen LogP contribution < -0.4 is 15.8 Å². The Morgan fingerprint density at radius 3 is 2.78 bits per heavy atom. The van der Waals surface area contributed by atoms with E-state index in [1.54, 1.807) is 0 Å². The first-order chi connectivity index (χ1) is 11.1. The van der Waals surface area contributed by atoms with Crippen molar-refractivity contribution in [1.29, 1.82) is 0 Å². The minimum absolute atomic E-state index is 0.229. The van der Waals surface area contributed by atoms with Crippen molar-refractivity contribution in [3.63, 3.8) is 0 Å². The Balaban J connectivity index is 2.12. The summed E-state index contributed by atoms with van der Waals surface area (Å²) in [6.07, 6.45) is 0. The maximum Gasteiger partial charge on any atom is 0.252 e. The number of thioether (sulfide) groups is 1. The fourth-order valence-electron chi connectivity index (χ4n) is 2.20. The molecule has 1 amide bonds. The number of hydrogen-bond donors (Lipinski definition) is 3. The van der Waals surface area contributed by atoms with Crippen LogP contribution in [0.3, 0.4) is 0 Å². The predicted octanol–water partition coefficient (Wildman–Crippen LogP) is 2.94. The van der Waals surface area contributed by atoms with Gasteiger partial charge in [-0.1, -0.05) is 36.5 Å². The van der Waals surface area contributed by atoms with E-state index in [1.807, 2.05) is 37.3 Å². The van der Waals surface area contributed by atoms with Crippen LogP contribution in [-0.4, -0.2) is 21.6 Å². The molecule has 2 heterocycles. The van der Waals surface area contributed by atoms with Gasteiger partial charge in [-0.3, -0.25) is 9.59 Å². The van der Waals surface area contributed by atoms with E-state index < -0.39 is 5.91 Å². The average molecular weight is 346 g/mol. The third-order valence-corrected chi connectivity index (χ3v) is 4.77. The summed E-state index contributed by atoms with van der Waals surface area (Å²) in [5.41, 5.74) is 6.87. The lowest BCUT2D eigenvalue weighted by Crippen LogP contribution is -2.14. The number of fused-ring (bicyclic) bond motifs is 1. The summed E-state index contributed by atoms with van der Waals surface area (Å²) in [7, 11) is 0. The second-order valence-corrected chi connectivity index (χ2v) is 6.88. The van der Waals surface area contributed by atoms with Gasteiger partial charge in [0.25, 0.3) is 5.91 Å². The SMILES string of the molecule is CCSc1[nH]c2nc(Nc3ccccc3)sc(=O)c2c1C(N)=O. The number of amides is 1. The molecule has 2 aromatic heterocycles. The highest BCUT2D eigenvalue weighted by Gasteiger charge is 2.21. The van der Waals surface area contributed by atoms with Gasteiger partial charge in [-0.25, -0.2) is 4.98 Å². The van der Waals surface area contributed by atoms with E-state index in [2.05, 4.69) is 15.3 Å². The van der Waals surface area contributed by atoms with Gasteiger partial charge in [-0.2, -0.15) is 0 Å². The quantitative estimate of drug-likeness (QED) is 0.617. The molecule has 0 bridgehead atoms. The minimum atomic E-state index is -0.623. The fraction of sp³-hybridized carbons (Fsp3) is 0.133. The number of H-pyrrole nitrogens is 1. The maximum atomic E-state index is 12.4. The van der Waals surface area contributed by atoms with E-state index in [0.29, 0.717) is 15.8 Å². The van der Waals surface area contributed by atoms with Gasteiger partial charge in [-0.05, 0) is 17.9 Å². The number of aromatic nitrogens is 2. The number of hydrogen-bond acceptors (Lipinski definition) is 6. The molecule has 3 aromatic rings. The maximum absolute atomic E-state index is 12.4. The summed E-state index contributed by atoms with van der Waals surface area (Å²) < 4.78 is -0.249. The molecule has 4 N–H and O–H groups in total. The first-order valence-electron chi connectivity index (χ1n) is 6.91. The Morgan fingerprint density at radius 2 is 2.13 bits per heavy atom. The van der Waals surface area contributed by atoms with Gasteiger partial charge >= 0.3 is 0 Å². The van der Waals surface area contributed by atoms with E-state index in [-0.39, 0.29) is 15.7 Å². The van der Waals surface area contributed by atoms with Crippen molar-refractivity contribution >= 4 is 50.9 Å². The van der Waals surface area contributed by atoms with Crippen LogP contribution in [0.2, 0.25) is 0 Å². The van der Waals surface area contributed by atoms with Gasteiger partial charge < -0.3 is 16.0 Å². The van der Waals surface area contributed by atoms with Gasteiger partial charge in [0.05, 0.1) is 16.0 Å². The number of carbonyl (C=O) groups is 1. The summed E-state index contributed by atoms with van der Waals surface area (Å²) >= 11 is 2.37. The van der Waals surface area contributed by atoms with Crippen LogP contribution in [0, 0.1) is 0 Å². The highest BCUT2D eigenvalue weighted by molar-refractivity contribution is 7.99. The Labute approximate surface area is 140 Å². The van der Waals surface area contributed by atoms with Gasteiger partial charge in [0.1, 0.15) is 5.65 Å². The lowest BCUT2D eigenvalue weighted by Gasteiger charge is -2.03. The topological polar surface area (TPSA) is 101 Å². The molecule has 0 saturated heterocycles. The van der Waals surface area contributed by atoms with E-state index in [9.17, 15) is 9.59 Å². The molecule has 0 radical (unpaired) electrons. The van der Waals surface area contributed by atoms with Crippen LogP contribution in [0.4, 0.5) is 10.8 Å². The van der Waals surface area contributed by atoms with Crippen molar-refractivity contribution in [2.75, 3.05) is 11.1 Å². The second-order valence-electron chi connectivity index (χ2n) is 4.65. The Morgan fingerprint density at radius 1 is 1.39 bits per heavy atom. The largest absolute Gasteiger partial charge is 0.365 e. The number of carbonyl (C=O) groups excluding carboxylic acids is 1. The molecule has 6 nitrogen and oxygen atoms in total. The summed E-state index contributed by atoms with van der Waals surface area (Å²) in [4.78, 5) is 31.6. The van der Waals surface area contributed by atoms with Crippen LogP contribution >= 0.6 is 23.1 Å². The number of primary amides is 1. The molecule has 1 aromatic carbocycles. The lowest BCUT2D eigenvalue weighted by atomic mass is 10.2. The van der Waals surface area contributed by atoms with Crippen molar-refractivity contribution in [2.24, 2.45) is 5.73 Å². The number of rotatable bonds is 5. The molecular formula is C15H14N4O2S2. The number of benzene rings is 1. The zero-order valence-corrected chi connectivity index (χ0v) is 13.9. The Kier molecular flexibility index (Phi) is 4.35. The normalized spacial score (nSPS) is 10.8. The number of aromatic amines is 1. The average Bonchev–Trinajstić information content (AvgIpc) is 2.87. The molecule has 8 heteroatoms. The van der Waals surface area contributed by atoms with Crippen molar-refractivity contribution < 1.29 is 4.79 Å². The van der Waals surface area contributed by atoms with Crippen molar-refractivity contribution in [3.8, 4) is 0 Å². The summed E-state index contributed by atoms with van der Waals surface area (Å²) in [5.74, 6) is 0.127. The molecule has 0 atom stereocenters. The molecule has 0 saturated carbocycles. The smallest absolute Gasteiger partial charge is 0.252 e. The first-order valence-corrected chi connectivity index (χ1v) is 8.72. The van der Waals surface area contributed by atoms with Crippen LogP contribution in [-0.2, 0) is 0 Å². The Bertz CT molecular complexity index is 918. The molecular weight excluding hydrogens is 332 g/mol. The Hall–Kier alpha value is -2.32. The van der Waals surface area contributed by atoms with E-state index in [4.69, 9.17) is 5.73 Å². The molecule has 23 heavy (non-hydrogen) atoms. The lowest BCUT2D eigenvalue weighted by molar-refractivity contribution is 0.0999. The minimum Gasteiger partial charge on any atom is -0.365 e. The number of anilines is 2. The van der Waals surface area contributed by atoms with E-state index >= 15 is 0 Å². The molecule has 0 spiro atoms. The zero-order valence-electron chi connectivity index (χ0n) is 12.3.